The zero-order valence-electron chi connectivity index (χ0n) is 17.5. The van der Waals surface area contributed by atoms with Gasteiger partial charge in [0.05, 0.1) is 23.2 Å². The van der Waals surface area contributed by atoms with Gasteiger partial charge in [-0.05, 0) is 44.4 Å². The van der Waals surface area contributed by atoms with Gasteiger partial charge < -0.3 is 9.84 Å². The Balaban J connectivity index is 2.11. The second-order valence-corrected chi connectivity index (χ2v) is 7.41. The summed E-state index contributed by atoms with van der Waals surface area (Å²) >= 11 is 0. The summed E-state index contributed by atoms with van der Waals surface area (Å²) in [6.45, 7) is 3.70. The molecule has 0 unspecified atom stereocenters. The van der Waals surface area contributed by atoms with Gasteiger partial charge in [-0.3, -0.25) is 19.5 Å². The maximum atomic E-state index is 12.8. The number of pyridine rings is 1. The minimum absolute atomic E-state index is 0.0639. The number of rotatable bonds is 6. The molecule has 3 rings (SSSR count). The van der Waals surface area contributed by atoms with Crippen LogP contribution in [-0.4, -0.2) is 27.4 Å². The van der Waals surface area contributed by atoms with Crippen molar-refractivity contribution in [1.82, 2.24) is 4.57 Å². The molecule has 0 atom stereocenters. The zero-order chi connectivity index (χ0) is 22.5. The van der Waals surface area contributed by atoms with Crippen molar-refractivity contribution in [3.8, 4) is 17.7 Å². The first-order valence-corrected chi connectivity index (χ1v) is 10.2. The summed E-state index contributed by atoms with van der Waals surface area (Å²) in [5, 5.41) is 31.9. The minimum atomic E-state index is -0.564. The molecule has 0 aliphatic heterocycles. The van der Waals surface area contributed by atoms with E-state index in [9.17, 15) is 25.3 Å². The second kappa shape index (κ2) is 9.43. The molecule has 1 aromatic heterocycles. The summed E-state index contributed by atoms with van der Waals surface area (Å²) in [7, 11) is 0. The number of hydrogen-bond acceptors (Lipinski definition) is 7. The van der Waals surface area contributed by atoms with Gasteiger partial charge in [0.15, 0.2) is 0 Å². The van der Waals surface area contributed by atoms with Crippen LogP contribution >= 0.6 is 0 Å². The van der Waals surface area contributed by atoms with Crippen molar-refractivity contribution < 1.29 is 14.8 Å². The van der Waals surface area contributed by atoms with Gasteiger partial charge in [-0.15, -0.1) is 0 Å². The Labute approximate surface area is 179 Å². The molecule has 0 spiro atoms. The van der Waals surface area contributed by atoms with Crippen LogP contribution in [0, 0.1) is 28.4 Å². The average molecular weight is 424 g/mol. The number of aromatic hydroxyl groups is 1. The molecule has 0 bridgehead atoms. The van der Waals surface area contributed by atoms with Gasteiger partial charge in [-0.2, -0.15) is 5.26 Å². The molecule has 162 valence electrons. The Morgan fingerprint density at radius 3 is 2.71 bits per heavy atom. The number of hydrogen-bond donors (Lipinski definition) is 1. The Bertz CT molecular complexity index is 1120. The second-order valence-electron chi connectivity index (χ2n) is 7.41. The molecule has 1 aromatic carbocycles. The first-order valence-electron chi connectivity index (χ1n) is 10.2. The van der Waals surface area contributed by atoms with Crippen LogP contribution in [0.3, 0.4) is 0 Å². The molecule has 9 nitrogen and oxygen atoms in total. The van der Waals surface area contributed by atoms with Gasteiger partial charge in [0, 0.05) is 12.3 Å². The Morgan fingerprint density at radius 1 is 1.39 bits per heavy atom. The standard InChI is InChI=1S/C22H24N4O5/c1-3-31-16-9-10-19(20(11-16)26(29)30)24-13-18-14(2)17(12-23)21(27)25(22(18)28)15-7-5-4-6-8-15/h9-11,13,15,28H,3-8H2,1-2H3. The van der Waals surface area contributed by atoms with Gasteiger partial charge in [-0.25, -0.2) is 4.99 Å². The van der Waals surface area contributed by atoms with Crippen molar-refractivity contribution in [2.75, 3.05) is 6.61 Å². The Kier molecular flexibility index (Phi) is 6.70. The molecule has 1 aliphatic rings. The molecule has 1 N–H and O–H groups in total. The summed E-state index contributed by atoms with van der Waals surface area (Å²) in [6.07, 6.45) is 5.69. The summed E-state index contributed by atoms with van der Waals surface area (Å²) in [6, 6.07) is 6.04. The van der Waals surface area contributed by atoms with Gasteiger partial charge >= 0.3 is 0 Å². The van der Waals surface area contributed by atoms with E-state index >= 15 is 0 Å². The van der Waals surface area contributed by atoms with Crippen LogP contribution in [0.15, 0.2) is 28.0 Å². The third kappa shape index (κ3) is 4.43. The number of nitro benzene ring substituents is 1. The molecule has 0 amide bonds. The van der Waals surface area contributed by atoms with Gasteiger partial charge in [-0.1, -0.05) is 19.3 Å². The molecule has 2 aromatic rings. The van der Waals surface area contributed by atoms with Gasteiger partial charge in [0.25, 0.3) is 11.2 Å². The Morgan fingerprint density at radius 2 is 2.10 bits per heavy atom. The number of nitriles is 1. The zero-order valence-corrected chi connectivity index (χ0v) is 17.5. The first-order chi connectivity index (χ1) is 14.9. The van der Waals surface area contributed by atoms with Crippen molar-refractivity contribution >= 4 is 17.6 Å². The largest absolute Gasteiger partial charge is 0.494 e. The maximum Gasteiger partial charge on any atom is 0.298 e. The monoisotopic (exact) mass is 424 g/mol. The van der Waals surface area contributed by atoms with Crippen LogP contribution in [0.5, 0.6) is 11.6 Å². The summed E-state index contributed by atoms with van der Waals surface area (Å²) in [4.78, 5) is 28.0. The third-order valence-electron chi connectivity index (χ3n) is 5.52. The van der Waals surface area contributed by atoms with Crippen molar-refractivity contribution in [2.45, 2.75) is 52.0 Å². The number of ether oxygens (including phenoxy) is 1. The lowest BCUT2D eigenvalue weighted by atomic mass is 9.94. The molecule has 0 saturated heterocycles. The van der Waals surface area contributed by atoms with Gasteiger partial charge in [0.1, 0.15) is 23.1 Å². The average Bonchev–Trinajstić information content (AvgIpc) is 2.75. The molecular formula is C22H24N4O5. The van der Waals surface area contributed by atoms with Crippen molar-refractivity contribution in [3.05, 3.63) is 55.4 Å². The van der Waals surface area contributed by atoms with Crippen LogP contribution in [0.4, 0.5) is 11.4 Å². The molecule has 1 aliphatic carbocycles. The molecule has 0 radical (unpaired) electrons. The van der Waals surface area contributed by atoms with Crippen molar-refractivity contribution in [3.63, 3.8) is 0 Å². The van der Waals surface area contributed by atoms with Crippen molar-refractivity contribution in [2.24, 2.45) is 4.99 Å². The molecule has 1 heterocycles. The number of benzene rings is 1. The predicted octanol–water partition coefficient (Wildman–Crippen LogP) is 4.30. The van der Waals surface area contributed by atoms with E-state index in [4.69, 9.17) is 4.74 Å². The lowest BCUT2D eigenvalue weighted by molar-refractivity contribution is -0.384. The molecule has 9 heteroatoms. The van der Waals surface area contributed by atoms with Crippen LogP contribution in [0.2, 0.25) is 0 Å². The molecule has 31 heavy (non-hydrogen) atoms. The van der Waals surface area contributed by atoms with Crippen LogP contribution < -0.4 is 10.3 Å². The normalized spacial score (nSPS) is 14.5. The number of nitro groups is 1. The fourth-order valence-corrected chi connectivity index (χ4v) is 3.92. The smallest absolute Gasteiger partial charge is 0.298 e. The number of aromatic nitrogens is 1. The lowest BCUT2D eigenvalue weighted by Gasteiger charge is -2.26. The van der Waals surface area contributed by atoms with E-state index in [2.05, 4.69) is 4.99 Å². The topological polar surface area (TPSA) is 131 Å². The van der Waals surface area contributed by atoms with E-state index in [1.165, 1.54) is 22.9 Å². The number of nitrogens with zero attached hydrogens (tertiary/aromatic N) is 4. The van der Waals surface area contributed by atoms with Crippen LogP contribution in [0.1, 0.15) is 61.8 Å². The number of aliphatic imine (C=N–C) groups is 1. The Hall–Kier alpha value is -3.67. The summed E-state index contributed by atoms with van der Waals surface area (Å²) in [5.74, 6) is 0.0792. The maximum absolute atomic E-state index is 12.8. The first kappa shape index (κ1) is 22.0. The van der Waals surface area contributed by atoms with E-state index in [0.29, 0.717) is 12.4 Å². The highest BCUT2D eigenvalue weighted by Gasteiger charge is 2.25. The highest BCUT2D eigenvalue weighted by molar-refractivity contribution is 5.88. The van der Waals surface area contributed by atoms with E-state index in [1.54, 1.807) is 19.9 Å². The van der Waals surface area contributed by atoms with E-state index in [1.807, 2.05) is 6.07 Å². The van der Waals surface area contributed by atoms with Crippen LogP contribution in [-0.2, 0) is 0 Å². The fourth-order valence-electron chi connectivity index (χ4n) is 3.92. The quantitative estimate of drug-likeness (QED) is 0.418. The highest BCUT2D eigenvalue weighted by atomic mass is 16.6. The fraction of sp³-hybridized carbons (Fsp3) is 0.409. The van der Waals surface area contributed by atoms with Crippen LogP contribution in [0.25, 0.3) is 0 Å². The SMILES string of the molecule is CCOc1ccc(N=Cc2c(C)c(C#N)c(=O)n(C3CCCCC3)c2O)c([N+](=O)[O-])c1. The minimum Gasteiger partial charge on any atom is -0.494 e. The highest BCUT2D eigenvalue weighted by Crippen LogP contribution is 2.34. The van der Waals surface area contributed by atoms with Crippen molar-refractivity contribution in [1.29, 1.82) is 5.26 Å². The molecule has 1 fully saturated rings. The predicted molar refractivity (Wildman–Crippen MR) is 115 cm³/mol. The lowest BCUT2D eigenvalue weighted by Crippen LogP contribution is -2.30. The molecular weight excluding hydrogens is 400 g/mol. The molecule has 1 saturated carbocycles. The van der Waals surface area contributed by atoms with E-state index in [0.717, 1.165) is 32.1 Å². The summed E-state index contributed by atoms with van der Waals surface area (Å²) in [5.41, 5.74) is -0.277. The summed E-state index contributed by atoms with van der Waals surface area (Å²) < 4.78 is 6.59. The third-order valence-corrected chi connectivity index (χ3v) is 5.52. The van der Waals surface area contributed by atoms with E-state index in [-0.39, 0.29) is 40.0 Å². The van der Waals surface area contributed by atoms with E-state index < -0.39 is 10.5 Å². The van der Waals surface area contributed by atoms with Gasteiger partial charge in [0.2, 0.25) is 5.88 Å².